The van der Waals surface area contributed by atoms with Gasteiger partial charge in [-0.2, -0.15) is 0 Å². The van der Waals surface area contributed by atoms with Crippen molar-refractivity contribution in [2.75, 3.05) is 13.2 Å². The van der Waals surface area contributed by atoms with E-state index in [0.717, 1.165) is 19.6 Å². The number of fused-ring (bicyclic) bond motifs is 1. The minimum Gasteiger partial charge on any atom is -0.375 e. The molecule has 0 aromatic heterocycles. The van der Waals surface area contributed by atoms with Gasteiger partial charge in [-0.05, 0) is 6.42 Å². The Kier molecular flexibility index (Phi) is 1.02. The molecule has 2 saturated heterocycles. The third kappa shape index (κ3) is 0.565. The van der Waals surface area contributed by atoms with Crippen LogP contribution in [0, 0.1) is 6.42 Å². The summed E-state index contributed by atoms with van der Waals surface area (Å²) in [6.45, 7) is 1.67. The minimum atomic E-state index is 0.329. The van der Waals surface area contributed by atoms with Gasteiger partial charge in [-0.25, -0.2) is 0 Å². The third-order valence-electron chi connectivity index (χ3n) is 1.72. The second-order valence-electron chi connectivity index (χ2n) is 2.23. The molecule has 2 aliphatic rings. The van der Waals surface area contributed by atoms with Crippen LogP contribution >= 0.6 is 0 Å². The van der Waals surface area contributed by atoms with Crippen molar-refractivity contribution in [3.63, 3.8) is 0 Å². The zero-order valence-electron chi connectivity index (χ0n) is 4.67. The van der Waals surface area contributed by atoms with Crippen molar-refractivity contribution in [2.45, 2.75) is 18.6 Å². The Morgan fingerprint density at radius 3 is 3.25 bits per heavy atom. The first-order valence-electron chi connectivity index (χ1n) is 3.03. The van der Waals surface area contributed by atoms with Crippen LogP contribution in [-0.4, -0.2) is 25.4 Å². The van der Waals surface area contributed by atoms with Gasteiger partial charge in [0.05, 0.1) is 18.8 Å². The third-order valence-corrected chi connectivity index (χ3v) is 1.72. The molecule has 2 aliphatic heterocycles. The molecular formula is C6H9O2. The van der Waals surface area contributed by atoms with Gasteiger partial charge in [-0.3, -0.25) is 0 Å². The standard InChI is InChI=1S/C6H9O2/c1-3-7-6-2-4-8-5(1)6/h1,5-6H,2-4H2. The largest absolute Gasteiger partial charge is 0.375 e. The molecule has 0 aliphatic carbocycles. The zero-order chi connectivity index (χ0) is 5.40. The molecule has 2 rings (SSSR count). The Labute approximate surface area is 48.8 Å². The van der Waals surface area contributed by atoms with Gasteiger partial charge < -0.3 is 9.47 Å². The van der Waals surface area contributed by atoms with E-state index in [2.05, 4.69) is 6.42 Å². The molecular weight excluding hydrogens is 104 g/mol. The van der Waals surface area contributed by atoms with Crippen LogP contribution in [0.2, 0.25) is 0 Å². The average molecular weight is 113 g/mol. The lowest BCUT2D eigenvalue weighted by molar-refractivity contribution is 0.0764. The molecule has 8 heavy (non-hydrogen) atoms. The molecule has 0 spiro atoms. The van der Waals surface area contributed by atoms with Crippen LogP contribution in [0.4, 0.5) is 0 Å². The summed E-state index contributed by atoms with van der Waals surface area (Å²) in [6, 6.07) is 0. The summed E-state index contributed by atoms with van der Waals surface area (Å²) in [7, 11) is 0. The van der Waals surface area contributed by atoms with E-state index in [1.807, 2.05) is 0 Å². The Bertz CT molecular complexity index is 72.5. The lowest BCUT2D eigenvalue weighted by atomic mass is 10.2. The molecule has 0 N–H and O–H groups in total. The summed E-state index contributed by atoms with van der Waals surface area (Å²) in [5.74, 6) is 0. The van der Waals surface area contributed by atoms with Gasteiger partial charge in [0.2, 0.25) is 0 Å². The second-order valence-corrected chi connectivity index (χ2v) is 2.23. The summed E-state index contributed by atoms with van der Waals surface area (Å²) >= 11 is 0. The fraction of sp³-hybridized carbons (Fsp3) is 0.833. The maximum Gasteiger partial charge on any atom is 0.0892 e. The number of ether oxygens (including phenoxy) is 2. The molecule has 0 amide bonds. The highest BCUT2D eigenvalue weighted by atomic mass is 16.6. The SMILES string of the molecule is [CH]1COC2CCOC12. The molecule has 0 aromatic rings. The summed E-state index contributed by atoms with van der Waals surface area (Å²) in [5.41, 5.74) is 0. The lowest BCUT2D eigenvalue weighted by Crippen LogP contribution is -2.13. The summed E-state index contributed by atoms with van der Waals surface area (Å²) in [6.07, 6.45) is 3.91. The van der Waals surface area contributed by atoms with Crippen molar-refractivity contribution in [1.29, 1.82) is 0 Å². The van der Waals surface area contributed by atoms with Gasteiger partial charge in [0.25, 0.3) is 0 Å². The van der Waals surface area contributed by atoms with Crippen molar-refractivity contribution >= 4 is 0 Å². The Balaban J connectivity index is 2.04. The van der Waals surface area contributed by atoms with Gasteiger partial charge >= 0.3 is 0 Å². The molecule has 2 heterocycles. The number of rotatable bonds is 0. The number of hydrogen-bond donors (Lipinski definition) is 0. The van der Waals surface area contributed by atoms with Gasteiger partial charge in [0.15, 0.2) is 0 Å². The quantitative estimate of drug-likeness (QED) is 0.452. The van der Waals surface area contributed by atoms with Crippen LogP contribution in [0.5, 0.6) is 0 Å². The molecule has 1 radical (unpaired) electrons. The smallest absolute Gasteiger partial charge is 0.0892 e. The topological polar surface area (TPSA) is 18.5 Å². The van der Waals surface area contributed by atoms with E-state index in [0.29, 0.717) is 12.2 Å². The molecule has 0 aromatic carbocycles. The van der Waals surface area contributed by atoms with Crippen LogP contribution in [0.3, 0.4) is 0 Å². The predicted molar refractivity (Wildman–Crippen MR) is 28.4 cm³/mol. The lowest BCUT2D eigenvalue weighted by Gasteiger charge is -2.02. The molecule has 2 nitrogen and oxygen atoms in total. The summed E-state index contributed by atoms with van der Waals surface area (Å²) < 4.78 is 10.6. The maximum atomic E-state index is 5.30. The average Bonchev–Trinajstić information content (AvgIpc) is 2.15. The normalized spacial score (nSPS) is 45.0. The molecule has 0 bridgehead atoms. The van der Waals surface area contributed by atoms with Crippen molar-refractivity contribution in [1.82, 2.24) is 0 Å². The summed E-state index contributed by atoms with van der Waals surface area (Å²) in [5, 5.41) is 0. The first-order chi connectivity index (χ1) is 3.97. The second kappa shape index (κ2) is 1.71. The predicted octanol–water partition coefficient (Wildman–Crippen LogP) is 0.378. The van der Waals surface area contributed by atoms with Gasteiger partial charge in [-0.1, -0.05) is 0 Å². The highest BCUT2D eigenvalue weighted by Crippen LogP contribution is 2.24. The summed E-state index contributed by atoms with van der Waals surface area (Å²) in [4.78, 5) is 0. The van der Waals surface area contributed by atoms with E-state index >= 15 is 0 Å². The van der Waals surface area contributed by atoms with Crippen LogP contribution in [0.25, 0.3) is 0 Å². The zero-order valence-corrected chi connectivity index (χ0v) is 4.67. The van der Waals surface area contributed by atoms with Gasteiger partial charge in [-0.15, -0.1) is 0 Å². The van der Waals surface area contributed by atoms with E-state index in [1.54, 1.807) is 0 Å². The van der Waals surface area contributed by atoms with Crippen LogP contribution in [0.1, 0.15) is 6.42 Å². The molecule has 45 valence electrons. The highest BCUT2D eigenvalue weighted by Gasteiger charge is 2.33. The Morgan fingerprint density at radius 2 is 2.38 bits per heavy atom. The van der Waals surface area contributed by atoms with Crippen LogP contribution in [-0.2, 0) is 9.47 Å². The fourth-order valence-corrected chi connectivity index (χ4v) is 1.26. The van der Waals surface area contributed by atoms with E-state index in [9.17, 15) is 0 Å². The van der Waals surface area contributed by atoms with E-state index in [1.165, 1.54) is 0 Å². The first-order valence-corrected chi connectivity index (χ1v) is 3.03. The molecule has 2 unspecified atom stereocenters. The van der Waals surface area contributed by atoms with Crippen molar-refractivity contribution in [3.8, 4) is 0 Å². The van der Waals surface area contributed by atoms with E-state index in [4.69, 9.17) is 9.47 Å². The minimum absolute atomic E-state index is 0.329. The van der Waals surface area contributed by atoms with E-state index < -0.39 is 0 Å². The molecule has 2 heteroatoms. The molecule has 2 atom stereocenters. The van der Waals surface area contributed by atoms with Crippen LogP contribution < -0.4 is 0 Å². The Hall–Kier alpha value is -0.0800. The monoisotopic (exact) mass is 113 g/mol. The number of hydrogen-bond acceptors (Lipinski definition) is 2. The highest BCUT2D eigenvalue weighted by molar-refractivity contribution is 4.93. The fourth-order valence-electron chi connectivity index (χ4n) is 1.26. The first kappa shape index (κ1) is 4.77. The van der Waals surface area contributed by atoms with Crippen molar-refractivity contribution in [2.24, 2.45) is 0 Å². The molecule has 0 saturated carbocycles. The van der Waals surface area contributed by atoms with Gasteiger partial charge in [0.1, 0.15) is 0 Å². The van der Waals surface area contributed by atoms with Gasteiger partial charge in [0, 0.05) is 13.0 Å². The molecule has 2 fully saturated rings. The van der Waals surface area contributed by atoms with Crippen LogP contribution in [0.15, 0.2) is 0 Å². The maximum absolute atomic E-state index is 5.30. The van der Waals surface area contributed by atoms with E-state index in [-0.39, 0.29) is 0 Å². The Morgan fingerprint density at radius 1 is 1.38 bits per heavy atom. The van der Waals surface area contributed by atoms with Crippen molar-refractivity contribution in [3.05, 3.63) is 6.42 Å². The van der Waals surface area contributed by atoms with Crippen molar-refractivity contribution < 1.29 is 9.47 Å².